The zero-order valence-electron chi connectivity index (χ0n) is 12.3. The van der Waals surface area contributed by atoms with Crippen molar-refractivity contribution in [2.24, 2.45) is 5.92 Å². The van der Waals surface area contributed by atoms with Gasteiger partial charge >= 0.3 is 5.97 Å². The standard InChI is InChI=1S/C15H22N2O4/c1-9-6-7-16(13(9)15(20)21)11-8-12(18)17(14(11)19)10-4-2-3-5-10/h9-11,13H,2-8H2,1H3,(H,20,21). The van der Waals surface area contributed by atoms with E-state index in [-0.39, 0.29) is 30.2 Å². The summed E-state index contributed by atoms with van der Waals surface area (Å²) in [7, 11) is 0. The van der Waals surface area contributed by atoms with Crippen molar-refractivity contribution in [2.75, 3.05) is 6.54 Å². The van der Waals surface area contributed by atoms with Gasteiger partial charge in [0.25, 0.3) is 0 Å². The van der Waals surface area contributed by atoms with Crippen molar-refractivity contribution in [3.05, 3.63) is 0 Å². The fourth-order valence-corrected chi connectivity index (χ4v) is 4.15. The molecule has 0 spiro atoms. The Bertz CT molecular complexity index is 472. The summed E-state index contributed by atoms with van der Waals surface area (Å²) >= 11 is 0. The van der Waals surface area contributed by atoms with Gasteiger partial charge in [0, 0.05) is 12.6 Å². The van der Waals surface area contributed by atoms with Gasteiger partial charge in [-0.1, -0.05) is 19.8 Å². The molecule has 0 bridgehead atoms. The van der Waals surface area contributed by atoms with Crippen molar-refractivity contribution in [2.45, 2.75) is 63.6 Å². The number of aliphatic carboxylic acids is 1. The molecule has 2 heterocycles. The molecule has 0 aromatic carbocycles. The van der Waals surface area contributed by atoms with E-state index in [0.717, 1.165) is 32.1 Å². The Morgan fingerprint density at radius 2 is 1.86 bits per heavy atom. The molecule has 2 amide bonds. The summed E-state index contributed by atoms with van der Waals surface area (Å²) in [6.07, 6.45) is 4.81. The third-order valence-electron chi connectivity index (χ3n) is 5.24. The van der Waals surface area contributed by atoms with Crippen molar-refractivity contribution in [3.63, 3.8) is 0 Å². The highest BCUT2D eigenvalue weighted by Crippen LogP contribution is 2.34. The van der Waals surface area contributed by atoms with Crippen LogP contribution in [0.3, 0.4) is 0 Å². The van der Waals surface area contributed by atoms with Gasteiger partial charge in [0.15, 0.2) is 0 Å². The Labute approximate surface area is 124 Å². The molecule has 3 atom stereocenters. The number of imide groups is 1. The lowest BCUT2D eigenvalue weighted by Crippen LogP contribution is -2.49. The molecule has 0 aromatic heterocycles. The van der Waals surface area contributed by atoms with Gasteiger partial charge in [-0.3, -0.25) is 24.2 Å². The van der Waals surface area contributed by atoms with Crippen LogP contribution in [0, 0.1) is 5.92 Å². The predicted molar refractivity (Wildman–Crippen MR) is 74.4 cm³/mol. The van der Waals surface area contributed by atoms with Crippen LogP contribution in [0.1, 0.15) is 45.4 Å². The van der Waals surface area contributed by atoms with E-state index in [4.69, 9.17) is 0 Å². The zero-order chi connectivity index (χ0) is 15.1. The summed E-state index contributed by atoms with van der Waals surface area (Å²) in [6, 6.07) is -1.17. The summed E-state index contributed by atoms with van der Waals surface area (Å²) in [4.78, 5) is 39.5. The minimum absolute atomic E-state index is 0.0194. The number of hydrogen-bond acceptors (Lipinski definition) is 4. The minimum Gasteiger partial charge on any atom is -0.480 e. The topological polar surface area (TPSA) is 77.9 Å². The molecular weight excluding hydrogens is 272 g/mol. The molecule has 21 heavy (non-hydrogen) atoms. The number of carbonyl (C=O) groups is 3. The number of rotatable bonds is 3. The predicted octanol–water partition coefficient (Wildman–Crippen LogP) is 0.851. The summed E-state index contributed by atoms with van der Waals surface area (Å²) < 4.78 is 0. The van der Waals surface area contributed by atoms with E-state index in [1.54, 1.807) is 4.90 Å². The molecule has 116 valence electrons. The van der Waals surface area contributed by atoms with Crippen LogP contribution in [0.5, 0.6) is 0 Å². The molecule has 3 rings (SSSR count). The second-order valence-corrected chi connectivity index (χ2v) is 6.55. The van der Waals surface area contributed by atoms with Crippen LogP contribution in [0.15, 0.2) is 0 Å². The maximum Gasteiger partial charge on any atom is 0.321 e. The van der Waals surface area contributed by atoms with Crippen molar-refractivity contribution in [1.29, 1.82) is 0 Å². The number of hydrogen-bond donors (Lipinski definition) is 1. The third kappa shape index (κ3) is 2.35. The first-order valence-corrected chi connectivity index (χ1v) is 7.85. The molecule has 3 unspecified atom stereocenters. The number of amides is 2. The van der Waals surface area contributed by atoms with E-state index < -0.39 is 18.1 Å². The van der Waals surface area contributed by atoms with Gasteiger partial charge in [-0.15, -0.1) is 0 Å². The maximum atomic E-state index is 12.6. The summed E-state index contributed by atoms with van der Waals surface area (Å²) in [6.45, 7) is 2.48. The zero-order valence-corrected chi connectivity index (χ0v) is 12.3. The van der Waals surface area contributed by atoms with Crippen molar-refractivity contribution < 1.29 is 19.5 Å². The molecular formula is C15H22N2O4. The van der Waals surface area contributed by atoms with Crippen LogP contribution in [0.25, 0.3) is 0 Å². The maximum absolute atomic E-state index is 12.6. The van der Waals surface area contributed by atoms with Crippen molar-refractivity contribution in [1.82, 2.24) is 9.80 Å². The molecule has 0 radical (unpaired) electrons. The molecule has 0 aromatic rings. The lowest BCUT2D eigenvalue weighted by atomic mass is 10.0. The SMILES string of the molecule is CC1CCN(C2CC(=O)N(C3CCCC3)C2=O)C1C(=O)O. The van der Waals surface area contributed by atoms with Crippen LogP contribution >= 0.6 is 0 Å². The Balaban J connectivity index is 1.79. The Morgan fingerprint density at radius 1 is 1.19 bits per heavy atom. The molecule has 1 aliphatic carbocycles. The van der Waals surface area contributed by atoms with Crippen LogP contribution in [-0.2, 0) is 14.4 Å². The Hall–Kier alpha value is -1.43. The number of nitrogens with zero attached hydrogens (tertiary/aromatic N) is 2. The van der Waals surface area contributed by atoms with Gasteiger partial charge in [-0.25, -0.2) is 0 Å². The molecule has 1 N–H and O–H groups in total. The second-order valence-electron chi connectivity index (χ2n) is 6.55. The average Bonchev–Trinajstić information content (AvgIpc) is 3.09. The fraction of sp³-hybridized carbons (Fsp3) is 0.800. The summed E-state index contributed by atoms with van der Waals surface area (Å²) in [5.41, 5.74) is 0. The van der Waals surface area contributed by atoms with E-state index >= 15 is 0 Å². The van der Waals surface area contributed by atoms with Crippen LogP contribution in [-0.4, -0.2) is 57.4 Å². The first-order chi connectivity index (χ1) is 10.0. The van der Waals surface area contributed by atoms with Gasteiger partial charge in [-0.2, -0.15) is 0 Å². The normalized spacial score (nSPS) is 35.1. The van der Waals surface area contributed by atoms with E-state index in [1.165, 1.54) is 4.90 Å². The highest BCUT2D eigenvalue weighted by Gasteiger charge is 2.50. The molecule has 6 nitrogen and oxygen atoms in total. The molecule has 1 saturated carbocycles. The van der Waals surface area contributed by atoms with Gasteiger partial charge in [0.1, 0.15) is 6.04 Å². The fourth-order valence-electron chi connectivity index (χ4n) is 4.15. The summed E-state index contributed by atoms with van der Waals surface area (Å²) in [5.74, 6) is -1.17. The number of carbonyl (C=O) groups excluding carboxylic acids is 2. The highest BCUT2D eigenvalue weighted by molar-refractivity contribution is 6.06. The Kier molecular flexibility index (Phi) is 3.73. The highest BCUT2D eigenvalue weighted by atomic mass is 16.4. The van der Waals surface area contributed by atoms with E-state index in [1.807, 2.05) is 6.92 Å². The van der Waals surface area contributed by atoms with Crippen LogP contribution < -0.4 is 0 Å². The van der Waals surface area contributed by atoms with Crippen molar-refractivity contribution >= 4 is 17.8 Å². The monoisotopic (exact) mass is 294 g/mol. The first kappa shape index (κ1) is 14.5. The van der Waals surface area contributed by atoms with Gasteiger partial charge in [0.2, 0.25) is 11.8 Å². The van der Waals surface area contributed by atoms with Crippen LogP contribution in [0.2, 0.25) is 0 Å². The summed E-state index contributed by atoms with van der Waals surface area (Å²) in [5, 5.41) is 9.39. The van der Waals surface area contributed by atoms with Gasteiger partial charge in [0.05, 0.1) is 12.5 Å². The smallest absolute Gasteiger partial charge is 0.321 e. The van der Waals surface area contributed by atoms with Gasteiger partial charge < -0.3 is 5.11 Å². The number of carboxylic acid groups (broad SMARTS) is 1. The minimum atomic E-state index is -0.889. The van der Waals surface area contributed by atoms with Crippen LogP contribution in [0.4, 0.5) is 0 Å². The molecule has 6 heteroatoms. The van der Waals surface area contributed by atoms with E-state index in [9.17, 15) is 19.5 Å². The largest absolute Gasteiger partial charge is 0.480 e. The van der Waals surface area contributed by atoms with E-state index in [0.29, 0.717) is 6.54 Å². The third-order valence-corrected chi connectivity index (χ3v) is 5.24. The molecule has 3 aliphatic rings. The van der Waals surface area contributed by atoms with E-state index in [2.05, 4.69) is 0 Å². The Morgan fingerprint density at radius 3 is 2.48 bits per heavy atom. The lowest BCUT2D eigenvalue weighted by molar-refractivity contribution is -0.146. The lowest BCUT2D eigenvalue weighted by Gasteiger charge is -2.28. The first-order valence-electron chi connectivity index (χ1n) is 7.85. The second kappa shape index (κ2) is 5.40. The molecule has 3 fully saturated rings. The number of likely N-dealkylation sites (tertiary alicyclic amines) is 2. The van der Waals surface area contributed by atoms with Gasteiger partial charge in [-0.05, 0) is 25.2 Å². The van der Waals surface area contributed by atoms with Crippen molar-refractivity contribution in [3.8, 4) is 0 Å². The average molecular weight is 294 g/mol. The number of carboxylic acids is 1. The quantitative estimate of drug-likeness (QED) is 0.781. The molecule has 2 saturated heterocycles. The molecule has 2 aliphatic heterocycles.